The molecule has 4 rings (SSSR count). The number of halogens is 1. The van der Waals surface area contributed by atoms with E-state index in [1.54, 1.807) is 6.92 Å². The summed E-state index contributed by atoms with van der Waals surface area (Å²) >= 11 is 0. The lowest BCUT2D eigenvalue weighted by molar-refractivity contribution is -0.123. The summed E-state index contributed by atoms with van der Waals surface area (Å²) in [6, 6.07) is 9.85. The number of amides is 2. The Bertz CT molecular complexity index is 1110. The molecule has 1 saturated heterocycles. The Labute approximate surface area is 179 Å². The Morgan fingerprint density at radius 2 is 1.84 bits per heavy atom. The number of rotatable bonds is 4. The molecule has 0 saturated carbocycles. The van der Waals surface area contributed by atoms with Gasteiger partial charge in [-0.1, -0.05) is 0 Å². The second kappa shape index (κ2) is 8.27. The predicted molar refractivity (Wildman–Crippen MR) is 112 cm³/mol. The van der Waals surface area contributed by atoms with Crippen LogP contribution in [0.1, 0.15) is 19.8 Å². The van der Waals surface area contributed by atoms with Crippen molar-refractivity contribution in [2.45, 2.75) is 30.8 Å². The van der Waals surface area contributed by atoms with Crippen LogP contribution < -0.4 is 15.4 Å². The van der Waals surface area contributed by atoms with Gasteiger partial charge in [-0.3, -0.25) is 9.59 Å². The minimum atomic E-state index is -3.79. The van der Waals surface area contributed by atoms with Gasteiger partial charge in [-0.15, -0.1) is 0 Å². The van der Waals surface area contributed by atoms with Gasteiger partial charge in [0.15, 0.2) is 6.10 Å². The van der Waals surface area contributed by atoms with Crippen LogP contribution in [0.15, 0.2) is 47.4 Å². The third-order valence-corrected chi connectivity index (χ3v) is 7.35. The maximum Gasteiger partial charge on any atom is 0.265 e. The first-order valence-corrected chi connectivity index (χ1v) is 11.4. The predicted octanol–water partition coefficient (Wildman–Crippen LogP) is 2.58. The maximum absolute atomic E-state index is 13.1. The van der Waals surface area contributed by atoms with Gasteiger partial charge in [0.1, 0.15) is 11.6 Å². The highest BCUT2D eigenvalue weighted by atomic mass is 32.2. The van der Waals surface area contributed by atoms with Gasteiger partial charge in [-0.05, 0) is 62.2 Å². The average Bonchev–Trinajstić information content (AvgIpc) is 2.76. The quantitative estimate of drug-likeness (QED) is 0.750. The Kier molecular flexibility index (Phi) is 5.67. The molecule has 0 radical (unpaired) electrons. The van der Waals surface area contributed by atoms with Crippen LogP contribution in [0.4, 0.5) is 15.8 Å². The summed E-state index contributed by atoms with van der Waals surface area (Å²) in [4.78, 5) is 24.3. The summed E-state index contributed by atoms with van der Waals surface area (Å²) in [5, 5.41) is 5.39. The van der Waals surface area contributed by atoms with Crippen molar-refractivity contribution in [2.24, 2.45) is 5.92 Å². The molecule has 10 heteroatoms. The van der Waals surface area contributed by atoms with Crippen LogP contribution in [-0.2, 0) is 19.6 Å². The Balaban J connectivity index is 1.41. The van der Waals surface area contributed by atoms with Gasteiger partial charge >= 0.3 is 0 Å². The number of nitrogens with zero attached hydrogens (tertiary/aromatic N) is 1. The van der Waals surface area contributed by atoms with Crippen molar-refractivity contribution in [3.05, 3.63) is 48.3 Å². The topological polar surface area (TPSA) is 105 Å². The zero-order valence-corrected chi connectivity index (χ0v) is 17.6. The van der Waals surface area contributed by atoms with E-state index in [2.05, 4.69) is 10.6 Å². The molecule has 2 N–H and O–H groups in total. The van der Waals surface area contributed by atoms with Gasteiger partial charge < -0.3 is 15.4 Å². The summed E-state index contributed by atoms with van der Waals surface area (Å²) in [5.41, 5.74) is 0.812. The van der Waals surface area contributed by atoms with E-state index in [0.29, 0.717) is 30.0 Å². The second-order valence-corrected chi connectivity index (χ2v) is 9.52. The van der Waals surface area contributed by atoms with Crippen molar-refractivity contribution in [1.29, 1.82) is 0 Å². The van der Waals surface area contributed by atoms with Crippen LogP contribution >= 0.6 is 0 Å². The highest BCUT2D eigenvalue weighted by molar-refractivity contribution is 7.89. The Morgan fingerprint density at radius 1 is 1.16 bits per heavy atom. The number of ether oxygens (including phenoxy) is 1. The molecule has 0 spiro atoms. The number of carbonyl (C=O) groups is 2. The van der Waals surface area contributed by atoms with Crippen LogP contribution in [0.25, 0.3) is 0 Å². The minimum absolute atomic E-state index is 0.0546. The van der Waals surface area contributed by atoms with Crippen molar-refractivity contribution in [2.75, 3.05) is 23.7 Å². The molecule has 1 fully saturated rings. The molecule has 2 aromatic carbocycles. The third-order valence-electron chi connectivity index (χ3n) is 5.46. The highest BCUT2D eigenvalue weighted by Crippen LogP contribution is 2.33. The SMILES string of the molecule is C[C@H]1Oc2ccc(S(=O)(=O)N3CCC(C(=O)Nc4ccc(F)cc4)CC3)cc2NC1=O. The number of hydrogen-bond donors (Lipinski definition) is 2. The fourth-order valence-corrected chi connectivity index (χ4v) is 5.13. The molecular formula is C21H22FN3O5S. The van der Waals surface area contributed by atoms with Crippen LogP contribution in [0.5, 0.6) is 5.75 Å². The van der Waals surface area contributed by atoms with E-state index in [9.17, 15) is 22.4 Å². The minimum Gasteiger partial charge on any atom is -0.479 e. The van der Waals surface area contributed by atoms with Gasteiger partial charge in [0, 0.05) is 24.7 Å². The fraction of sp³-hybridized carbons (Fsp3) is 0.333. The van der Waals surface area contributed by atoms with E-state index >= 15 is 0 Å². The highest BCUT2D eigenvalue weighted by Gasteiger charge is 2.33. The molecule has 2 aliphatic heterocycles. The first-order valence-electron chi connectivity index (χ1n) is 9.92. The summed E-state index contributed by atoms with van der Waals surface area (Å²) in [7, 11) is -3.79. The first kappa shape index (κ1) is 21.3. The van der Waals surface area contributed by atoms with E-state index in [-0.39, 0.29) is 41.5 Å². The number of piperidine rings is 1. The van der Waals surface area contributed by atoms with Crippen LogP contribution in [0, 0.1) is 11.7 Å². The summed E-state index contributed by atoms with van der Waals surface area (Å²) in [6.45, 7) is 2.00. The number of anilines is 2. The van der Waals surface area contributed by atoms with E-state index in [4.69, 9.17) is 4.74 Å². The van der Waals surface area contributed by atoms with Crippen LogP contribution in [0.2, 0.25) is 0 Å². The Hall–Kier alpha value is -2.98. The van der Waals surface area contributed by atoms with Gasteiger partial charge in [0.2, 0.25) is 15.9 Å². The molecule has 2 aliphatic rings. The third kappa shape index (κ3) is 4.40. The molecule has 2 aromatic rings. The number of carbonyl (C=O) groups excluding carboxylic acids is 2. The summed E-state index contributed by atoms with van der Waals surface area (Å²) in [5.74, 6) is -0.864. The maximum atomic E-state index is 13.1. The molecule has 0 aliphatic carbocycles. The zero-order valence-electron chi connectivity index (χ0n) is 16.8. The van der Waals surface area contributed by atoms with Gasteiger partial charge in [0.05, 0.1) is 10.6 Å². The standard InChI is InChI=1S/C21H22FN3O5S/c1-13-20(26)24-18-12-17(6-7-19(18)30-13)31(28,29)25-10-8-14(9-11-25)21(27)23-16-4-2-15(22)3-5-16/h2-7,12-14H,8-11H2,1H3,(H,23,27)(H,24,26)/t13-/m1/s1. The van der Waals surface area contributed by atoms with Gasteiger partial charge in [0.25, 0.3) is 5.91 Å². The molecule has 0 bridgehead atoms. The molecular weight excluding hydrogens is 425 g/mol. The number of benzene rings is 2. The van der Waals surface area contributed by atoms with Crippen molar-refractivity contribution in [3.63, 3.8) is 0 Å². The van der Waals surface area contributed by atoms with Crippen LogP contribution in [0.3, 0.4) is 0 Å². The molecule has 8 nitrogen and oxygen atoms in total. The van der Waals surface area contributed by atoms with E-state index in [1.807, 2.05) is 0 Å². The zero-order chi connectivity index (χ0) is 22.2. The number of nitrogens with one attached hydrogen (secondary N) is 2. The molecule has 1 atom stereocenters. The monoisotopic (exact) mass is 447 g/mol. The van der Waals surface area contributed by atoms with E-state index in [0.717, 1.165) is 0 Å². The molecule has 0 unspecified atom stereocenters. The fourth-order valence-electron chi connectivity index (χ4n) is 3.63. The van der Waals surface area contributed by atoms with Gasteiger partial charge in [-0.25, -0.2) is 12.8 Å². The smallest absolute Gasteiger partial charge is 0.265 e. The molecule has 2 heterocycles. The summed E-state index contributed by atoms with van der Waals surface area (Å²) in [6.07, 6.45) is 0.0957. The van der Waals surface area contributed by atoms with Crippen molar-refractivity contribution in [3.8, 4) is 5.75 Å². The van der Waals surface area contributed by atoms with E-state index < -0.39 is 16.1 Å². The number of sulfonamides is 1. The lowest BCUT2D eigenvalue weighted by Gasteiger charge is -2.31. The molecule has 164 valence electrons. The first-order chi connectivity index (χ1) is 14.7. The normalized spacial score (nSPS) is 19.8. The van der Waals surface area contributed by atoms with Crippen molar-refractivity contribution < 1.29 is 27.1 Å². The lowest BCUT2D eigenvalue weighted by Crippen LogP contribution is -2.41. The average molecular weight is 447 g/mol. The Morgan fingerprint density at radius 3 is 2.52 bits per heavy atom. The van der Waals surface area contributed by atoms with Crippen molar-refractivity contribution >= 4 is 33.2 Å². The van der Waals surface area contributed by atoms with Crippen LogP contribution in [-0.4, -0.2) is 43.7 Å². The molecule has 0 aromatic heterocycles. The van der Waals surface area contributed by atoms with E-state index in [1.165, 1.54) is 46.8 Å². The van der Waals surface area contributed by atoms with Crippen molar-refractivity contribution in [1.82, 2.24) is 4.31 Å². The number of hydrogen-bond acceptors (Lipinski definition) is 5. The van der Waals surface area contributed by atoms with Gasteiger partial charge in [-0.2, -0.15) is 4.31 Å². The second-order valence-electron chi connectivity index (χ2n) is 7.58. The summed E-state index contributed by atoms with van der Waals surface area (Å²) < 4.78 is 45.9. The number of fused-ring (bicyclic) bond motifs is 1. The lowest BCUT2D eigenvalue weighted by atomic mass is 9.97. The molecule has 31 heavy (non-hydrogen) atoms. The molecule has 2 amide bonds. The largest absolute Gasteiger partial charge is 0.479 e.